The van der Waals surface area contributed by atoms with Crippen molar-refractivity contribution in [1.29, 1.82) is 0 Å². The van der Waals surface area contributed by atoms with E-state index in [2.05, 4.69) is 0 Å². The molecule has 0 aliphatic rings. The highest BCUT2D eigenvalue weighted by Crippen LogP contribution is 2.23. The lowest BCUT2D eigenvalue weighted by molar-refractivity contribution is 0.324. The summed E-state index contributed by atoms with van der Waals surface area (Å²) >= 11 is 0. The molecule has 1 rings (SSSR count). The monoisotopic (exact) mass is 235 g/mol. The minimum Gasteiger partial charge on any atom is -0.242 e. The van der Waals surface area contributed by atoms with Gasteiger partial charge in [0.15, 0.2) is 0 Å². The summed E-state index contributed by atoms with van der Waals surface area (Å²) in [6.45, 7) is 0. The summed E-state index contributed by atoms with van der Waals surface area (Å²) in [5, 5.41) is 4.71. The van der Waals surface area contributed by atoms with Gasteiger partial charge in [-0.1, -0.05) is 18.2 Å². The van der Waals surface area contributed by atoms with E-state index in [-0.39, 0.29) is 12.0 Å². The number of sulfonamides is 1. The van der Waals surface area contributed by atoms with Gasteiger partial charge in [0.2, 0.25) is 10.0 Å². The van der Waals surface area contributed by atoms with Crippen LogP contribution in [0.3, 0.4) is 0 Å². The van der Waals surface area contributed by atoms with Crippen molar-refractivity contribution in [2.45, 2.75) is 12.6 Å². The van der Waals surface area contributed by atoms with Gasteiger partial charge in [-0.05, 0) is 12.5 Å². The number of halogens is 2. The highest BCUT2D eigenvalue weighted by atomic mass is 32.2. The Morgan fingerprint density at radius 1 is 1.33 bits per heavy atom. The molecule has 1 unspecified atom stereocenters. The summed E-state index contributed by atoms with van der Waals surface area (Å²) in [6, 6.07) is 5.33. The van der Waals surface area contributed by atoms with Gasteiger partial charge >= 0.3 is 0 Å². The molecule has 0 saturated heterocycles. The first kappa shape index (κ1) is 12.1. The number of hydrogen-bond acceptors (Lipinski definition) is 2. The molecule has 0 aromatic heterocycles. The highest BCUT2D eigenvalue weighted by molar-refractivity contribution is 7.89. The molecule has 0 heterocycles. The van der Waals surface area contributed by atoms with E-state index in [0.717, 1.165) is 6.07 Å². The van der Waals surface area contributed by atoms with Crippen molar-refractivity contribution < 1.29 is 17.2 Å². The van der Waals surface area contributed by atoms with Gasteiger partial charge in [-0.3, -0.25) is 0 Å². The Labute approximate surface area is 87.0 Å². The molecule has 15 heavy (non-hydrogen) atoms. The minimum atomic E-state index is -3.70. The van der Waals surface area contributed by atoms with Crippen LogP contribution >= 0.6 is 0 Å². The van der Waals surface area contributed by atoms with E-state index in [1.165, 1.54) is 18.2 Å². The number of hydrogen-bond donors (Lipinski definition) is 1. The smallest absolute Gasteiger partial charge is 0.209 e. The standard InChI is InChI=1S/C9H11F2NO2S/c10-8-4-2-1-3-7(8)9(11)5-6-15(12,13)14/h1-4,9H,5-6H2,(H2,12,13,14). The number of alkyl halides is 1. The summed E-state index contributed by atoms with van der Waals surface area (Å²) in [4.78, 5) is 0. The predicted octanol–water partition coefficient (Wildman–Crippen LogP) is 1.51. The van der Waals surface area contributed by atoms with Crippen molar-refractivity contribution >= 4 is 10.0 Å². The Kier molecular flexibility index (Phi) is 3.76. The molecule has 6 heteroatoms. The molecule has 0 fully saturated rings. The molecule has 84 valence electrons. The lowest BCUT2D eigenvalue weighted by Crippen LogP contribution is -2.17. The van der Waals surface area contributed by atoms with Crippen LogP contribution in [0, 0.1) is 5.82 Å². The third-order valence-electron chi connectivity index (χ3n) is 1.90. The second-order valence-electron chi connectivity index (χ2n) is 3.14. The van der Waals surface area contributed by atoms with Gasteiger partial charge < -0.3 is 0 Å². The summed E-state index contributed by atoms with van der Waals surface area (Å²) in [7, 11) is -3.70. The molecule has 0 saturated carbocycles. The van der Waals surface area contributed by atoms with Crippen molar-refractivity contribution in [2.24, 2.45) is 5.14 Å². The number of nitrogens with two attached hydrogens (primary N) is 1. The quantitative estimate of drug-likeness (QED) is 0.860. The first-order chi connectivity index (χ1) is 6.90. The summed E-state index contributed by atoms with van der Waals surface area (Å²) in [6.07, 6.45) is -1.98. The van der Waals surface area contributed by atoms with Gasteiger partial charge in [-0.25, -0.2) is 22.3 Å². The Bertz CT molecular complexity index is 433. The first-order valence-electron chi connectivity index (χ1n) is 4.29. The van der Waals surface area contributed by atoms with Gasteiger partial charge in [-0.15, -0.1) is 0 Å². The van der Waals surface area contributed by atoms with Crippen molar-refractivity contribution in [3.8, 4) is 0 Å². The van der Waals surface area contributed by atoms with Gasteiger partial charge in [0, 0.05) is 5.56 Å². The van der Waals surface area contributed by atoms with Crippen LogP contribution in [0.5, 0.6) is 0 Å². The van der Waals surface area contributed by atoms with Crippen molar-refractivity contribution in [3.05, 3.63) is 35.6 Å². The molecule has 1 aromatic rings. The van der Waals surface area contributed by atoms with Crippen LogP contribution in [0.15, 0.2) is 24.3 Å². The highest BCUT2D eigenvalue weighted by Gasteiger charge is 2.16. The molecule has 0 bridgehead atoms. The summed E-state index contributed by atoms with van der Waals surface area (Å²) in [5.74, 6) is -1.18. The molecular weight excluding hydrogens is 224 g/mol. The van der Waals surface area contributed by atoms with Crippen LogP contribution in [0.1, 0.15) is 18.2 Å². The molecule has 1 aromatic carbocycles. The zero-order valence-corrected chi connectivity index (χ0v) is 8.68. The van der Waals surface area contributed by atoms with E-state index in [1.54, 1.807) is 0 Å². The van der Waals surface area contributed by atoms with E-state index in [9.17, 15) is 17.2 Å². The number of benzene rings is 1. The average molecular weight is 235 g/mol. The SMILES string of the molecule is NS(=O)(=O)CCC(F)c1ccccc1F. The second kappa shape index (κ2) is 4.67. The molecule has 0 spiro atoms. The average Bonchev–Trinajstić information content (AvgIpc) is 2.14. The largest absolute Gasteiger partial charge is 0.242 e. The first-order valence-corrected chi connectivity index (χ1v) is 6.00. The van der Waals surface area contributed by atoms with E-state index < -0.39 is 27.8 Å². The predicted molar refractivity (Wildman–Crippen MR) is 52.8 cm³/mol. The van der Waals surface area contributed by atoms with Gasteiger partial charge in [-0.2, -0.15) is 0 Å². The molecule has 3 nitrogen and oxygen atoms in total. The van der Waals surface area contributed by atoms with Crippen LogP contribution < -0.4 is 5.14 Å². The Balaban J connectivity index is 2.70. The lowest BCUT2D eigenvalue weighted by Gasteiger charge is -2.08. The minimum absolute atomic E-state index is 0.138. The van der Waals surface area contributed by atoms with Crippen LogP contribution in [-0.4, -0.2) is 14.2 Å². The van der Waals surface area contributed by atoms with Crippen molar-refractivity contribution in [2.75, 3.05) is 5.75 Å². The second-order valence-corrected chi connectivity index (χ2v) is 4.88. The Hall–Kier alpha value is -1.01. The molecule has 0 radical (unpaired) electrons. The van der Waals surface area contributed by atoms with E-state index in [0.29, 0.717) is 0 Å². The summed E-state index contributed by atoms with van der Waals surface area (Å²) in [5.41, 5.74) is -0.138. The third kappa shape index (κ3) is 3.93. The van der Waals surface area contributed by atoms with Crippen molar-refractivity contribution in [3.63, 3.8) is 0 Å². The van der Waals surface area contributed by atoms with Crippen molar-refractivity contribution in [1.82, 2.24) is 0 Å². The fraction of sp³-hybridized carbons (Fsp3) is 0.333. The topological polar surface area (TPSA) is 60.2 Å². The molecule has 2 N–H and O–H groups in total. The fourth-order valence-electron chi connectivity index (χ4n) is 1.15. The maximum Gasteiger partial charge on any atom is 0.209 e. The van der Waals surface area contributed by atoms with Gasteiger partial charge in [0.25, 0.3) is 0 Å². The molecular formula is C9H11F2NO2S. The summed E-state index contributed by atoms with van der Waals surface area (Å²) < 4.78 is 47.5. The van der Waals surface area contributed by atoms with Crippen LogP contribution in [-0.2, 0) is 10.0 Å². The lowest BCUT2D eigenvalue weighted by atomic mass is 10.1. The number of rotatable bonds is 4. The molecule has 0 aliphatic heterocycles. The normalized spacial score (nSPS) is 13.8. The van der Waals surface area contributed by atoms with E-state index in [4.69, 9.17) is 5.14 Å². The molecule has 0 amide bonds. The zero-order chi connectivity index (χ0) is 11.5. The molecule has 1 atom stereocenters. The zero-order valence-electron chi connectivity index (χ0n) is 7.86. The van der Waals surface area contributed by atoms with E-state index in [1.807, 2.05) is 0 Å². The Morgan fingerprint density at radius 2 is 1.93 bits per heavy atom. The van der Waals surface area contributed by atoms with Gasteiger partial charge in [0.05, 0.1) is 5.75 Å². The van der Waals surface area contributed by atoms with Crippen LogP contribution in [0.25, 0.3) is 0 Å². The fourth-order valence-corrected chi connectivity index (χ4v) is 1.69. The van der Waals surface area contributed by atoms with Crippen LogP contribution in [0.4, 0.5) is 8.78 Å². The third-order valence-corrected chi connectivity index (χ3v) is 2.70. The maximum absolute atomic E-state index is 13.4. The Morgan fingerprint density at radius 3 is 2.47 bits per heavy atom. The van der Waals surface area contributed by atoms with Gasteiger partial charge in [0.1, 0.15) is 12.0 Å². The number of primary sulfonamides is 1. The maximum atomic E-state index is 13.4. The van der Waals surface area contributed by atoms with Crippen LogP contribution in [0.2, 0.25) is 0 Å². The molecule has 0 aliphatic carbocycles. The van der Waals surface area contributed by atoms with E-state index >= 15 is 0 Å².